The lowest BCUT2D eigenvalue weighted by molar-refractivity contribution is 0.583. The molecule has 1 heterocycles. The Bertz CT molecular complexity index is 270. The fourth-order valence-electron chi connectivity index (χ4n) is 0.429. The fourth-order valence-corrected chi connectivity index (χ4v) is 0.701. The molecule has 4 heteroatoms. The Balaban J connectivity index is 3.34. The van der Waals surface area contributed by atoms with Crippen molar-refractivity contribution in [1.82, 2.24) is 4.98 Å². The molecule has 0 aliphatic heterocycles. The Morgan fingerprint density at radius 3 is 2.78 bits per heavy atom. The number of rotatable bonds is 0. The van der Waals surface area contributed by atoms with Crippen LogP contribution in [0.5, 0.6) is 0 Å². The Morgan fingerprint density at radius 1 is 1.67 bits per heavy atom. The van der Waals surface area contributed by atoms with E-state index < -0.39 is 5.95 Å². The van der Waals surface area contributed by atoms with Gasteiger partial charge in [0.25, 0.3) is 0 Å². The second-order valence-corrected chi connectivity index (χ2v) is 2.34. The van der Waals surface area contributed by atoms with Crippen LogP contribution in [-0.4, -0.2) is 4.98 Å². The van der Waals surface area contributed by atoms with Gasteiger partial charge in [0, 0.05) is 12.3 Å². The lowest BCUT2D eigenvalue weighted by Gasteiger charge is -1.88. The lowest BCUT2D eigenvalue weighted by atomic mass is 10.5. The number of aromatic amines is 1. The van der Waals surface area contributed by atoms with Gasteiger partial charge in [-0.3, -0.25) is 0 Å². The Kier molecular flexibility index (Phi) is 1.83. The number of halogens is 2. The van der Waals surface area contributed by atoms with E-state index in [1.54, 1.807) is 0 Å². The third kappa shape index (κ3) is 1.50. The van der Waals surface area contributed by atoms with E-state index in [2.05, 4.69) is 17.2 Å². The quantitative estimate of drug-likeness (QED) is 0.459. The molecule has 0 amide bonds. The molecule has 0 bridgehead atoms. The molecule has 1 N–H and O–H groups in total. The summed E-state index contributed by atoms with van der Waals surface area (Å²) in [4.78, 5) is 2.28. The van der Waals surface area contributed by atoms with E-state index in [0.29, 0.717) is 9.53 Å². The fraction of sp³-hybridized carbons (Fsp3) is 0. The van der Waals surface area contributed by atoms with E-state index in [9.17, 15) is 4.39 Å². The van der Waals surface area contributed by atoms with Gasteiger partial charge in [0.05, 0.1) is 9.53 Å². The summed E-state index contributed by atoms with van der Waals surface area (Å²) in [5.74, 6) is -0.468. The molecule has 9 heavy (non-hydrogen) atoms. The van der Waals surface area contributed by atoms with Gasteiger partial charge in [0.1, 0.15) is 0 Å². The van der Waals surface area contributed by atoms with Crippen molar-refractivity contribution in [3.63, 3.8) is 0 Å². The zero-order valence-electron chi connectivity index (χ0n) is 4.32. The third-order valence-corrected chi connectivity index (χ3v) is 1.59. The normalized spacial score (nSPS) is 9.56. The molecular formula is C5H3ClFNS. The molecule has 0 spiro atoms. The van der Waals surface area contributed by atoms with Gasteiger partial charge >= 0.3 is 0 Å². The molecule has 48 valence electrons. The van der Waals surface area contributed by atoms with Crippen LogP contribution in [0, 0.1) is 10.5 Å². The monoisotopic (exact) mass is 163 g/mol. The van der Waals surface area contributed by atoms with E-state index in [1.165, 1.54) is 6.20 Å². The number of pyridine rings is 1. The minimum absolute atomic E-state index is 0.327. The summed E-state index contributed by atoms with van der Waals surface area (Å²) in [5.41, 5.74) is 0. The van der Waals surface area contributed by atoms with Gasteiger partial charge in [-0.05, 0) is 0 Å². The van der Waals surface area contributed by atoms with Crippen LogP contribution in [0.2, 0.25) is 5.02 Å². The first kappa shape index (κ1) is 6.71. The van der Waals surface area contributed by atoms with Gasteiger partial charge in [0.2, 0.25) is 0 Å². The van der Waals surface area contributed by atoms with Crippen LogP contribution >= 0.6 is 23.8 Å². The van der Waals surface area contributed by atoms with E-state index >= 15 is 0 Å². The molecule has 0 atom stereocenters. The maximum absolute atomic E-state index is 12.2. The van der Waals surface area contributed by atoms with Gasteiger partial charge in [-0.2, -0.15) is 4.39 Å². The van der Waals surface area contributed by atoms with Crippen molar-refractivity contribution in [2.75, 3.05) is 0 Å². The average Bonchev–Trinajstić information content (AvgIpc) is 1.80. The van der Waals surface area contributed by atoms with Gasteiger partial charge in [-0.25, -0.2) is 0 Å². The minimum atomic E-state index is -0.468. The maximum Gasteiger partial charge on any atom is 0.192 e. The van der Waals surface area contributed by atoms with Crippen molar-refractivity contribution in [1.29, 1.82) is 0 Å². The molecule has 1 aromatic heterocycles. The third-order valence-electron chi connectivity index (χ3n) is 0.830. The zero-order valence-corrected chi connectivity index (χ0v) is 5.89. The number of aromatic nitrogens is 1. The standard InChI is InChI=1S/C5H3ClFNS/c6-3-2-8-5(7)1-4(3)9/h1-2H,(H,8,9). The van der Waals surface area contributed by atoms with Crippen molar-refractivity contribution >= 4 is 23.8 Å². The SMILES string of the molecule is Fc1cc(=S)c(Cl)c[nH]1. The van der Waals surface area contributed by atoms with Crippen LogP contribution < -0.4 is 0 Å². The number of H-pyrrole nitrogens is 1. The van der Waals surface area contributed by atoms with Crippen molar-refractivity contribution in [3.05, 3.63) is 27.7 Å². The van der Waals surface area contributed by atoms with Crippen LogP contribution in [0.15, 0.2) is 12.3 Å². The molecule has 0 saturated carbocycles. The Hall–Kier alpha value is -0.410. The molecule has 1 rings (SSSR count). The van der Waals surface area contributed by atoms with Crippen molar-refractivity contribution in [3.8, 4) is 0 Å². The van der Waals surface area contributed by atoms with E-state index in [-0.39, 0.29) is 0 Å². The van der Waals surface area contributed by atoms with Crippen LogP contribution in [-0.2, 0) is 0 Å². The van der Waals surface area contributed by atoms with E-state index in [4.69, 9.17) is 11.6 Å². The highest BCUT2D eigenvalue weighted by molar-refractivity contribution is 7.71. The van der Waals surface area contributed by atoms with Crippen LogP contribution in [0.25, 0.3) is 0 Å². The molecule has 1 nitrogen and oxygen atoms in total. The highest BCUT2D eigenvalue weighted by Crippen LogP contribution is 2.08. The number of nitrogens with one attached hydrogen (secondary N) is 1. The van der Waals surface area contributed by atoms with Crippen molar-refractivity contribution in [2.45, 2.75) is 0 Å². The molecule has 0 radical (unpaired) electrons. The topological polar surface area (TPSA) is 15.8 Å². The summed E-state index contributed by atoms with van der Waals surface area (Å²) in [5, 5.41) is 0.367. The highest BCUT2D eigenvalue weighted by atomic mass is 35.5. The molecule has 0 fully saturated rings. The number of hydrogen-bond acceptors (Lipinski definition) is 1. The first-order valence-corrected chi connectivity index (χ1v) is 3.02. The summed E-state index contributed by atoms with van der Waals surface area (Å²) in [6.45, 7) is 0. The summed E-state index contributed by atoms with van der Waals surface area (Å²) in [7, 11) is 0. The van der Waals surface area contributed by atoms with Gasteiger partial charge in [0.15, 0.2) is 5.95 Å². The molecule has 0 saturated heterocycles. The summed E-state index contributed by atoms with van der Waals surface area (Å²) in [6, 6.07) is 1.16. The largest absolute Gasteiger partial charge is 0.337 e. The predicted molar refractivity (Wildman–Crippen MR) is 36.6 cm³/mol. The van der Waals surface area contributed by atoms with E-state index in [1.807, 2.05) is 0 Å². The summed E-state index contributed by atoms with van der Waals surface area (Å²) < 4.78 is 12.5. The molecular weight excluding hydrogens is 161 g/mol. The van der Waals surface area contributed by atoms with Crippen LogP contribution in [0.4, 0.5) is 4.39 Å². The molecule has 0 unspecified atom stereocenters. The molecule has 0 aliphatic carbocycles. The van der Waals surface area contributed by atoms with Crippen LogP contribution in [0.1, 0.15) is 0 Å². The van der Waals surface area contributed by atoms with Gasteiger partial charge in [-0.15, -0.1) is 0 Å². The smallest absolute Gasteiger partial charge is 0.192 e. The first-order chi connectivity index (χ1) is 4.20. The van der Waals surface area contributed by atoms with Gasteiger partial charge < -0.3 is 4.98 Å². The molecule has 0 aliphatic rings. The zero-order chi connectivity index (χ0) is 6.85. The minimum Gasteiger partial charge on any atom is -0.337 e. The Labute approximate surface area is 61.5 Å². The molecule has 1 aromatic rings. The molecule has 0 aromatic carbocycles. The average molecular weight is 164 g/mol. The second-order valence-electron chi connectivity index (χ2n) is 1.49. The number of hydrogen-bond donors (Lipinski definition) is 1. The van der Waals surface area contributed by atoms with E-state index in [0.717, 1.165) is 6.07 Å². The van der Waals surface area contributed by atoms with Crippen molar-refractivity contribution < 1.29 is 4.39 Å². The highest BCUT2D eigenvalue weighted by Gasteiger charge is 1.91. The predicted octanol–water partition coefficient (Wildman–Crippen LogP) is 2.54. The van der Waals surface area contributed by atoms with Gasteiger partial charge in [-0.1, -0.05) is 23.8 Å². The maximum atomic E-state index is 12.2. The lowest BCUT2D eigenvalue weighted by Crippen LogP contribution is -1.79. The summed E-state index contributed by atoms with van der Waals surface area (Å²) >= 11 is 10.1. The summed E-state index contributed by atoms with van der Waals surface area (Å²) in [6.07, 6.45) is 1.32. The Morgan fingerprint density at radius 2 is 2.33 bits per heavy atom. The second kappa shape index (κ2) is 2.45. The van der Waals surface area contributed by atoms with Crippen LogP contribution in [0.3, 0.4) is 0 Å². The first-order valence-electron chi connectivity index (χ1n) is 2.24. The van der Waals surface area contributed by atoms with Crippen molar-refractivity contribution in [2.24, 2.45) is 0 Å².